The number of hydrogen-bond donors (Lipinski definition) is 3. The van der Waals surface area contributed by atoms with Gasteiger partial charge in [0.05, 0.1) is 11.3 Å². The highest BCUT2D eigenvalue weighted by atomic mass is 16.5. The molecule has 25 heavy (non-hydrogen) atoms. The second kappa shape index (κ2) is 7.51. The van der Waals surface area contributed by atoms with Crippen molar-refractivity contribution in [1.29, 1.82) is 0 Å². The van der Waals surface area contributed by atoms with Gasteiger partial charge in [-0.15, -0.1) is 0 Å². The molecule has 0 atom stereocenters. The van der Waals surface area contributed by atoms with E-state index in [2.05, 4.69) is 5.48 Å². The molecule has 0 aliphatic heterocycles. The molecular weight excluding hydrogens is 318 g/mol. The third-order valence-electron chi connectivity index (χ3n) is 3.79. The van der Waals surface area contributed by atoms with E-state index in [1.807, 2.05) is 48.5 Å². The summed E-state index contributed by atoms with van der Waals surface area (Å²) < 4.78 is 5.72. The van der Waals surface area contributed by atoms with Crippen LogP contribution in [0.5, 0.6) is 5.75 Å². The highest BCUT2D eigenvalue weighted by Crippen LogP contribution is 2.29. The Morgan fingerprint density at radius 2 is 1.72 bits per heavy atom. The van der Waals surface area contributed by atoms with Crippen LogP contribution in [0.3, 0.4) is 0 Å². The van der Waals surface area contributed by atoms with E-state index in [0.717, 1.165) is 16.7 Å². The monoisotopic (exact) mass is 335 g/mol. The molecule has 3 N–H and O–H groups in total. The molecule has 3 aromatic rings. The largest absolute Gasteiger partial charge is 0.489 e. The predicted molar refractivity (Wildman–Crippen MR) is 95.0 cm³/mol. The van der Waals surface area contributed by atoms with Crippen molar-refractivity contribution in [3.8, 4) is 16.9 Å². The van der Waals surface area contributed by atoms with Crippen LogP contribution in [0.4, 0.5) is 5.69 Å². The molecule has 3 aromatic carbocycles. The second-order valence-corrected chi connectivity index (χ2v) is 5.48. The van der Waals surface area contributed by atoms with E-state index in [9.17, 15) is 10.0 Å². The van der Waals surface area contributed by atoms with Gasteiger partial charge in [0, 0.05) is 5.56 Å². The Kier molecular flexibility index (Phi) is 4.97. The van der Waals surface area contributed by atoms with Crippen molar-refractivity contribution in [1.82, 2.24) is 0 Å². The summed E-state index contributed by atoms with van der Waals surface area (Å²) >= 11 is 0. The quantitative estimate of drug-likeness (QED) is 0.581. The Balaban J connectivity index is 1.71. The van der Waals surface area contributed by atoms with Crippen molar-refractivity contribution >= 4 is 11.7 Å². The fourth-order valence-electron chi connectivity index (χ4n) is 2.52. The van der Waals surface area contributed by atoms with Crippen molar-refractivity contribution in [3.05, 3.63) is 83.9 Å². The molecule has 0 unspecified atom stereocenters. The maximum Gasteiger partial charge on any atom is 0.335 e. The molecule has 0 heterocycles. The maximum atomic E-state index is 11.0. The molecular formula is C20H17NO4. The zero-order valence-electron chi connectivity index (χ0n) is 13.3. The molecule has 5 nitrogen and oxygen atoms in total. The first-order valence-corrected chi connectivity index (χ1v) is 7.72. The summed E-state index contributed by atoms with van der Waals surface area (Å²) in [6.45, 7) is 0.287. The van der Waals surface area contributed by atoms with E-state index in [4.69, 9.17) is 9.84 Å². The van der Waals surface area contributed by atoms with Crippen LogP contribution >= 0.6 is 0 Å². The summed E-state index contributed by atoms with van der Waals surface area (Å²) in [7, 11) is 0. The lowest BCUT2D eigenvalue weighted by atomic mass is 10.0. The Labute approximate surface area is 145 Å². The van der Waals surface area contributed by atoms with Crippen LogP contribution in [0.25, 0.3) is 11.1 Å². The van der Waals surface area contributed by atoms with Gasteiger partial charge in [0.15, 0.2) is 0 Å². The van der Waals surface area contributed by atoms with Crippen molar-refractivity contribution < 1.29 is 19.8 Å². The van der Waals surface area contributed by atoms with Gasteiger partial charge in [0.2, 0.25) is 0 Å². The molecule has 0 bridgehead atoms. The number of nitrogens with one attached hydrogen (secondary N) is 1. The molecule has 0 fully saturated rings. The van der Waals surface area contributed by atoms with Gasteiger partial charge in [0.25, 0.3) is 0 Å². The van der Waals surface area contributed by atoms with Gasteiger partial charge in [0.1, 0.15) is 12.4 Å². The van der Waals surface area contributed by atoms with Gasteiger partial charge in [-0.25, -0.2) is 4.79 Å². The summed E-state index contributed by atoms with van der Waals surface area (Å²) in [6.07, 6.45) is 0. The van der Waals surface area contributed by atoms with Crippen LogP contribution in [-0.2, 0) is 6.61 Å². The van der Waals surface area contributed by atoms with Crippen LogP contribution in [0.1, 0.15) is 15.9 Å². The summed E-state index contributed by atoms with van der Waals surface area (Å²) in [6, 6.07) is 21.6. The highest BCUT2D eigenvalue weighted by molar-refractivity contribution is 5.87. The van der Waals surface area contributed by atoms with Gasteiger partial charge < -0.3 is 9.84 Å². The number of carbonyl (C=O) groups is 1. The average molecular weight is 335 g/mol. The number of ether oxygens (including phenoxy) is 1. The number of anilines is 1. The minimum atomic E-state index is -0.956. The van der Waals surface area contributed by atoms with Gasteiger partial charge >= 0.3 is 5.97 Å². The van der Waals surface area contributed by atoms with Gasteiger partial charge in [-0.2, -0.15) is 0 Å². The first-order valence-electron chi connectivity index (χ1n) is 7.72. The number of rotatable bonds is 6. The van der Waals surface area contributed by atoms with E-state index >= 15 is 0 Å². The third-order valence-corrected chi connectivity index (χ3v) is 3.79. The Morgan fingerprint density at radius 3 is 2.44 bits per heavy atom. The number of benzene rings is 3. The van der Waals surface area contributed by atoms with Gasteiger partial charge in [-0.3, -0.25) is 10.7 Å². The summed E-state index contributed by atoms with van der Waals surface area (Å²) in [5.74, 6) is -0.277. The molecule has 0 aromatic heterocycles. The van der Waals surface area contributed by atoms with Gasteiger partial charge in [-0.1, -0.05) is 42.5 Å². The first kappa shape index (κ1) is 16.5. The predicted octanol–water partition coefficient (Wildman–Crippen LogP) is 4.43. The lowest BCUT2D eigenvalue weighted by molar-refractivity contribution is 0.0696. The van der Waals surface area contributed by atoms with E-state index in [1.54, 1.807) is 24.3 Å². The number of carboxylic acid groups (broad SMARTS) is 1. The van der Waals surface area contributed by atoms with E-state index < -0.39 is 5.97 Å². The smallest absolute Gasteiger partial charge is 0.335 e. The summed E-state index contributed by atoms with van der Waals surface area (Å²) in [5.41, 5.74) is 5.67. The lowest BCUT2D eigenvalue weighted by Gasteiger charge is -2.10. The fraction of sp³-hybridized carbons (Fsp3) is 0.0500. The molecule has 0 spiro atoms. The van der Waals surface area contributed by atoms with Crippen LogP contribution in [-0.4, -0.2) is 16.3 Å². The highest BCUT2D eigenvalue weighted by Gasteiger charge is 2.06. The SMILES string of the molecule is O=C(O)c1cccc(COc2ccc(-c3ccccc3NO)cc2)c1. The molecule has 0 radical (unpaired) electrons. The Bertz CT molecular complexity index is 875. The number of aromatic carboxylic acids is 1. The standard InChI is InChI=1S/C20H17NO4/c22-20(23)16-5-3-4-14(12-16)13-25-17-10-8-15(9-11-17)18-6-1-2-7-19(18)21-24/h1-12,21,24H,13H2,(H,22,23). The molecule has 3 rings (SSSR count). The van der Waals surface area contributed by atoms with Gasteiger partial charge in [-0.05, 0) is 41.5 Å². The molecule has 0 aliphatic carbocycles. The van der Waals surface area contributed by atoms with Crippen LogP contribution < -0.4 is 10.2 Å². The van der Waals surface area contributed by atoms with Crippen molar-refractivity contribution in [2.75, 3.05) is 5.48 Å². The van der Waals surface area contributed by atoms with Crippen molar-refractivity contribution in [3.63, 3.8) is 0 Å². The van der Waals surface area contributed by atoms with E-state index in [0.29, 0.717) is 11.4 Å². The summed E-state index contributed by atoms with van der Waals surface area (Å²) in [5, 5.41) is 18.2. The van der Waals surface area contributed by atoms with Crippen LogP contribution in [0, 0.1) is 0 Å². The average Bonchev–Trinajstić information content (AvgIpc) is 2.67. The maximum absolute atomic E-state index is 11.0. The van der Waals surface area contributed by atoms with Crippen molar-refractivity contribution in [2.24, 2.45) is 0 Å². The van der Waals surface area contributed by atoms with Crippen molar-refractivity contribution in [2.45, 2.75) is 6.61 Å². The Hall–Kier alpha value is -3.31. The second-order valence-electron chi connectivity index (χ2n) is 5.48. The number of hydrogen-bond acceptors (Lipinski definition) is 4. The minimum Gasteiger partial charge on any atom is -0.489 e. The fourth-order valence-corrected chi connectivity index (χ4v) is 2.52. The molecule has 126 valence electrons. The number of para-hydroxylation sites is 1. The Morgan fingerprint density at radius 1 is 0.960 bits per heavy atom. The topological polar surface area (TPSA) is 78.8 Å². The first-order chi connectivity index (χ1) is 12.2. The molecule has 0 amide bonds. The van der Waals surface area contributed by atoms with Crippen LogP contribution in [0.15, 0.2) is 72.8 Å². The molecule has 0 aliphatic rings. The van der Waals surface area contributed by atoms with Crippen LogP contribution in [0.2, 0.25) is 0 Å². The summed E-state index contributed by atoms with van der Waals surface area (Å²) in [4.78, 5) is 11.0. The normalized spacial score (nSPS) is 10.3. The number of carboxylic acids is 1. The van der Waals surface area contributed by atoms with E-state index in [-0.39, 0.29) is 12.2 Å². The molecule has 0 saturated heterocycles. The molecule has 0 saturated carbocycles. The van der Waals surface area contributed by atoms with E-state index in [1.165, 1.54) is 0 Å². The zero-order valence-corrected chi connectivity index (χ0v) is 13.3. The lowest BCUT2D eigenvalue weighted by Crippen LogP contribution is -2.00. The molecule has 5 heteroatoms. The minimum absolute atomic E-state index is 0.240. The zero-order chi connectivity index (χ0) is 17.6. The third kappa shape index (κ3) is 3.97.